The topological polar surface area (TPSA) is 50.9 Å². The molecule has 3 nitrogen and oxygen atoms in total. The lowest BCUT2D eigenvalue weighted by Gasteiger charge is -2.13. The van der Waals surface area contributed by atoms with Gasteiger partial charge in [0.1, 0.15) is 0 Å². The van der Waals surface area contributed by atoms with Crippen molar-refractivity contribution in [3.8, 4) is 0 Å². The van der Waals surface area contributed by atoms with Gasteiger partial charge in [-0.1, -0.05) is 6.92 Å². The summed E-state index contributed by atoms with van der Waals surface area (Å²) in [4.78, 5) is 4.30. The van der Waals surface area contributed by atoms with Crippen molar-refractivity contribution in [3.63, 3.8) is 0 Å². The smallest absolute Gasteiger partial charge is 0.161 e. The number of nitrogens with two attached hydrogens (primary N) is 1. The van der Waals surface area contributed by atoms with Gasteiger partial charge in [0.15, 0.2) is 11.6 Å². The molecule has 0 fully saturated rings. The van der Waals surface area contributed by atoms with Gasteiger partial charge in [0.25, 0.3) is 0 Å². The molecule has 1 heterocycles. The maximum absolute atomic E-state index is 13.2. The number of fused-ring (bicyclic) bond motifs is 1. The summed E-state index contributed by atoms with van der Waals surface area (Å²) in [5.74, 6) is 3.63. The van der Waals surface area contributed by atoms with Gasteiger partial charge in [-0.2, -0.15) is 0 Å². The summed E-state index contributed by atoms with van der Waals surface area (Å²) in [6.07, 6.45) is 0.704. The number of nitrogens with zero attached hydrogens (tertiary/aromatic N) is 1. The number of hydrogen-bond donors (Lipinski definition) is 2. The monoisotopic (exact) mass is 237 g/mol. The molecule has 5 heteroatoms. The Morgan fingerprint density at radius 1 is 1.29 bits per heavy atom. The summed E-state index contributed by atoms with van der Waals surface area (Å²) in [6.45, 7) is 3.79. The average molecular weight is 237 g/mol. The number of benzene rings is 1. The molecule has 3 N–H and O–H groups in total. The number of aryl methyl sites for hydroxylation is 1. The van der Waals surface area contributed by atoms with Crippen LogP contribution in [0.3, 0.4) is 0 Å². The summed E-state index contributed by atoms with van der Waals surface area (Å²) < 4.78 is 26.4. The molecular formula is C12H13F2N3. The van der Waals surface area contributed by atoms with Gasteiger partial charge < -0.3 is 5.43 Å². The van der Waals surface area contributed by atoms with E-state index in [1.807, 2.05) is 13.8 Å². The molecule has 0 aliphatic rings. The minimum absolute atomic E-state index is 0.402. The number of rotatable bonds is 2. The third kappa shape index (κ3) is 1.82. The number of nitrogen functional groups attached to an aromatic ring is 1. The van der Waals surface area contributed by atoms with Crippen LogP contribution in [0.2, 0.25) is 0 Å². The molecule has 0 saturated carbocycles. The van der Waals surface area contributed by atoms with Crippen molar-refractivity contribution in [2.45, 2.75) is 20.3 Å². The van der Waals surface area contributed by atoms with Gasteiger partial charge in [0.05, 0.1) is 11.2 Å². The molecule has 0 radical (unpaired) electrons. The molecule has 0 unspecified atom stereocenters. The Kier molecular flexibility index (Phi) is 2.93. The molecular weight excluding hydrogens is 224 g/mol. The fourth-order valence-corrected chi connectivity index (χ4v) is 1.93. The Hall–Kier alpha value is -1.75. The summed E-state index contributed by atoms with van der Waals surface area (Å²) in [6, 6.07) is 2.20. The van der Waals surface area contributed by atoms with E-state index < -0.39 is 11.6 Å². The van der Waals surface area contributed by atoms with Crippen LogP contribution in [0, 0.1) is 18.6 Å². The van der Waals surface area contributed by atoms with E-state index >= 15 is 0 Å². The molecule has 2 rings (SSSR count). The molecule has 0 aliphatic heterocycles. The van der Waals surface area contributed by atoms with Crippen molar-refractivity contribution < 1.29 is 8.78 Å². The average Bonchev–Trinajstić information content (AvgIpc) is 2.31. The second-order valence-corrected chi connectivity index (χ2v) is 3.84. The van der Waals surface area contributed by atoms with Crippen LogP contribution in [0.15, 0.2) is 12.1 Å². The van der Waals surface area contributed by atoms with Gasteiger partial charge in [-0.15, -0.1) is 0 Å². The van der Waals surface area contributed by atoms with Crippen molar-refractivity contribution >= 4 is 16.6 Å². The first kappa shape index (κ1) is 11.7. The molecule has 0 saturated heterocycles. The molecule has 1 aromatic carbocycles. The first-order valence-electron chi connectivity index (χ1n) is 5.33. The van der Waals surface area contributed by atoms with Crippen LogP contribution < -0.4 is 11.3 Å². The predicted molar refractivity (Wildman–Crippen MR) is 63.6 cm³/mol. The maximum atomic E-state index is 13.2. The van der Waals surface area contributed by atoms with E-state index in [1.54, 1.807) is 0 Å². The fraction of sp³-hybridized carbons (Fsp3) is 0.250. The lowest BCUT2D eigenvalue weighted by molar-refractivity contribution is 0.510. The highest BCUT2D eigenvalue weighted by Gasteiger charge is 2.13. The van der Waals surface area contributed by atoms with E-state index in [4.69, 9.17) is 5.84 Å². The molecule has 0 bridgehead atoms. The van der Waals surface area contributed by atoms with E-state index in [0.29, 0.717) is 23.0 Å². The van der Waals surface area contributed by atoms with E-state index in [-0.39, 0.29) is 0 Å². The molecule has 0 aliphatic carbocycles. The summed E-state index contributed by atoms with van der Waals surface area (Å²) in [7, 11) is 0. The summed E-state index contributed by atoms with van der Waals surface area (Å²) in [5, 5.41) is 0.487. The molecule has 0 amide bonds. The number of nitrogens with one attached hydrogen (secondary N) is 1. The highest BCUT2D eigenvalue weighted by molar-refractivity contribution is 5.93. The van der Waals surface area contributed by atoms with Gasteiger partial charge in [0, 0.05) is 17.1 Å². The normalized spacial score (nSPS) is 10.9. The first-order valence-corrected chi connectivity index (χ1v) is 5.33. The SMILES string of the molecule is CCc1nc2cc(F)c(F)cc2c(NN)c1C. The number of aromatic nitrogens is 1. The van der Waals surface area contributed by atoms with Gasteiger partial charge >= 0.3 is 0 Å². The van der Waals surface area contributed by atoms with E-state index in [9.17, 15) is 8.78 Å². The molecule has 0 atom stereocenters. The van der Waals surface area contributed by atoms with Crippen molar-refractivity contribution in [1.29, 1.82) is 0 Å². The van der Waals surface area contributed by atoms with Gasteiger partial charge in [-0.05, 0) is 25.0 Å². The summed E-state index contributed by atoms with van der Waals surface area (Å²) in [5.41, 5.74) is 5.19. The summed E-state index contributed by atoms with van der Waals surface area (Å²) >= 11 is 0. The van der Waals surface area contributed by atoms with E-state index in [2.05, 4.69) is 10.4 Å². The quantitative estimate of drug-likeness (QED) is 0.623. The largest absolute Gasteiger partial charge is 0.323 e. The highest BCUT2D eigenvalue weighted by atomic mass is 19.2. The first-order chi connectivity index (χ1) is 8.08. The second-order valence-electron chi connectivity index (χ2n) is 3.84. The number of hydrazine groups is 1. The van der Waals surface area contributed by atoms with Gasteiger partial charge in [0.2, 0.25) is 0 Å². The third-order valence-electron chi connectivity index (χ3n) is 2.85. The van der Waals surface area contributed by atoms with Crippen LogP contribution in [0.5, 0.6) is 0 Å². The zero-order chi connectivity index (χ0) is 12.6. The van der Waals surface area contributed by atoms with Crippen LogP contribution in [0.4, 0.5) is 14.5 Å². The zero-order valence-corrected chi connectivity index (χ0v) is 9.64. The van der Waals surface area contributed by atoms with Crippen LogP contribution in [0.1, 0.15) is 18.2 Å². The number of pyridine rings is 1. The zero-order valence-electron chi connectivity index (χ0n) is 9.64. The minimum atomic E-state index is -0.904. The van der Waals surface area contributed by atoms with Crippen molar-refractivity contribution in [2.24, 2.45) is 5.84 Å². The van der Waals surface area contributed by atoms with Crippen molar-refractivity contribution in [3.05, 3.63) is 35.0 Å². The predicted octanol–water partition coefficient (Wildman–Crippen LogP) is 2.67. The van der Waals surface area contributed by atoms with Crippen LogP contribution in [-0.2, 0) is 6.42 Å². The molecule has 2 aromatic rings. The van der Waals surface area contributed by atoms with Crippen LogP contribution in [-0.4, -0.2) is 4.98 Å². The highest BCUT2D eigenvalue weighted by Crippen LogP contribution is 2.29. The Morgan fingerprint density at radius 2 is 1.94 bits per heavy atom. The number of hydrogen-bond acceptors (Lipinski definition) is 3. The molecule has 0 spiro atoms. The third-order valence-corrected chi connectivity index (χ3v) is 2.85. The molecule has 90 valence electrons. The molecule has 1 aromatic heterocycles. The van der Waals surface area contributed by atoms with Gasteiger partial charge in [-0.25, -0.2) is 8.78 Å². The van der Waals surface area contributed by atoms with E-state index in [0.717, 1.165) is 23.4 Å². The Morgan fingerprint density at radius 3 is 2.53 bits per heavy atom. The fourth-order valence-electron chi connectivity index (χ4n) is 1.93. The molecule has 17 heavy (non-hydrogen) atoms. The Balaban J connectivity index is 2.88. The Bertz CT molecular complexity index is 582. The Labute approximate surface area is 97.6 Å². The standard InChI is InChI=1S/C12H13F2N3/c1-3-10-6(2)12(17-15)7-4-8(13)9(14)5-11(7)16-10/h4-5H,3,15H2,1-2H3,(H,16,17). The van der Waals surface area contributed by atoms with Crippen LogP contribution in [0.25, 0.3) is 10.9 Å². The maximum Gasteiger partial charge on any atom is 0.161 e. The lowest BCUT2D eigenvalue weighted by Crippen LogP contribution is -2.11. The minimum Gasteiger partial charge on any atom is -0.323 e. The number of anilines is 1. The number of halogens is 2. The van der Waals surface area contributed by atoms with Crippen molar-refractivity contribution in [1.82, 2.24) is 4.98 Å². The van der Waals surface area contributed by atoms with Gasteiger partial charge in [-0.3, -0.25) is 10.8 Å². The second kappa shape index (κ2) is 4.25. The van der Waals surface area contributed by atoms with E-state index in [1.165, 1.54) is 0 Å². The lowest BCUT2D eigenvalue weighted by atomic mass is 10.1. The van der Waals surface area contributed by atoms with Crippen LogP contribution >= 0.6 is 0 Å². The van der Waals surface area contributed by atoms with Crippen molar-refractivity contribution in [2.75, 3.05) is 5.43 Å².